The Bertz CT molecular complexity index is 256. The van der Waals surface area contributed by atoms with Gasteiger partial charge in [0.05, 0.1) is 0 Å². The molecule has 78 valence electrons. The predicted molar refractivity (Wildman–Crippen MR) is 66.2 cm³/mol. The van der Waals surface area contributed by atoms with Crippen molar-refractivity contribution in [1.82, 2.24) is 0 Å². The van der Waals surface area contributed by atoms with Crippen molar-refractivity contribution in [3.63, 3.8) is 0 Å². The van der Waals surface area contributed by atoms with E-state index in [0.29, 0.717) is 11.1 Å². The third-order valence-corrected chi connectivity index (χ3v) is 3.60. The smallest absolute Gasteiger partial charge is 0.0474 e. The summed E-state index contributed by atoms with van der Waals surface area (Å²) in [6.45, 7) is 4.51. The lowest BCUT2D eigenvalue weighted by atomic mass is 10.2. The lowest BCUT2D eigenvalue weighted by molar-refractivity contribution is 0.787. The van der Waals surface area contributed by atoms with Crippen LogP contribution < -0.4 is 0 Å². The minimum absolute atomic E-state index is 0.607. The van der Waals surface area contributed by atoms with Gasteiger partial charge in [-0.15, -0.1) is 23.4 Å². The normalized spacial score (nSPS) is 12.8. The molecule has 0 saturated heterocycles. The highest BCUT2D eigenvalue weighted by Crippen LogP contribution is 2.26. The Hall–Kier alpha value is -0.140. The summed E-state index contributed by atoms with van der Waals surface area (Å²) in [7, 11) is 0. The van der Waals surface area contributed by atoms with Crippen molar-refractivity contribution >= 4 is 23.4 Å². The summed E-state index contributed by atoms with van der Waals surface area (Å²) in [5.41, 5.74) is 1.19. The minimum Gasteiger partial charge on any atom is -0.123 e. The van der Waals surface area contributed by atoms with Crippen LogP contribution in [-0.2, 0) is 5.88 Å². The molecule has 0 amide bonds. The van der Waals surface area contributed by atoms with Crippen LogP contribution in [0.1, 0.15) is 32.3 Å². The first-order valence-corrected chi connectivity index (χ1v) is 6.49. The first-order valence-electron chi connectivity index (χ1n) is 5.07. The van der Waals surface area contributed by atoms with Crippen LogP contribution in [0.3, 0.4) is 0 Å². The van der Waals surface area contributed by atoms with E-state index >= 15 is 0 Å². The molecule has 2 heteroatoms. The zero-order valence-corrected chi connectivity index (χ0v) is 10.4. The van der Waals surface area contributed by atoms with Crippen LogP contribution >= 0.6 is 23.4 Å². The zero-order chi connectivity index (χ0) is 10.4. The van der Waals surface area contributed by atoms with Crippen molar-refractivity contribution in [3.05, 3.63) is 29.8 Å². The van der Waals surface area contributed by atoms with E-state index in [-0.39, 0.29) is 0 Å². The minimum atomic E-state index is 0.607. The molecule has 0 radical (unpaired) electrons. The number of hydrogen-bond donors (Lipinski definition) is 0. The quantitative estimate of drug-likeness (QED) is 0.520. The summed E-state index contributed by atoms with van der Waals surface area (Å²) in [5.74, 6) is 0.607. The van der Waals surface area contributed by atoms with Crippen molar-refractivity contribution in [1.29, 1.82) is 0 Å². The molecule has 0 saturated carbocycles. The number of alkyl halides is 1. The van der Waals surface area contributed by atoms with E-state index in [1.54, 1.807) is 0 Å². The van der Waals surface area contributed by atoms with Crippen LogP contribution in [0.2, 0.25) is 0 Å². The molecular formula is C12H17ClS. The Morgan fingerprint density at radius 3 is 2.43 bits per heavy atom. The summed E-state index contributed by atoms with van der Waals surface area (Å²) in [6, 6.07) is 8.53. The lowest BCUT2D eigenvalue weighted by Crippen LogP contribution is -1.93. The molecule has 0 spiro atoms. The molecule has 0 aliphatic rings. The Labute approximate surface area is 96.0 Å². The third kappa shape index (κ3) is 3.93. The summed E-state index contributed by atoms with van der Waals surface area (Å²) < 4.78 is 0. The van der Waals surface area contributed by atoms with Crippen molar-refractivity contribution in [2.24, 2.45) is 0 Å². The van der Waals surface area contributed by atoms with Crippen LogP contribution in [0.15, 0.2) is 29.2 Å². The summed E-state index contributed by atoms with van der Waals surface area (Å²) in [4.78, 5) is 1.35. The molecule has 14 heavy (non-hydrogen) atoms. The topological polar surface area (TPSA) is 0 Å². The number of thioether (sulfide) groups is 1. The maximum Gasteiger partial charge on any atom is 0.0474 e. The van der Waals surface area contributed by atoms with Gasteiger partial charge < -0.3 is 0 Å². The third-order valence-electron chi connectivity index (χ3n) is 2.11. The van der Waals surface area contributed by atoms with Gasteiger partial charge >= 0.3 is 0 Å². The first-order chi connectivity index (χ1) is 6.76. The maximum atomic E-state index is 5.73. The molecule has 1 rings (SSSR count). The van der Waals surface area contributed by atoms with Gasteiger partial charge in [0, 0.05) is 16.0 Å². The van der Waals surface area contributed by atoms with E-state index in [1.165, 1.54) is 23.3 Å². The standard InChI is InChI=1S/C12H17ClS/c1-3-4-10(2)14-12-7-5-11(9-13)6-8-12/h5-8,10H,3-4,9H2,1-2H3. The molecule has 0 aliphatic heterocycles. The van der Waals surface area contributed by atoms with Gasteiger partial charge in [-0.25, -0.2) is 0 Å². The molecule has 0 fully saturated rings. The van der Waals surface area contributed by atoms with Gasteiger partial charge in [-0.3, -0.25) is 0 Å². The first kappa shape index (κ1) is 11.9. The molecule has 1 aromatic rings. The van der Waals surface area contributed by atoms with Crippen molar-refractivity contribution in [2.75, 3.05) is 0 Å². The van der Waals surface area contributed by atoms with Gasteiger partial charge in [-0.05, 0) is 24.1 Å². The van der Waals surface area contributed by atoms with E-state index in [4.69, 9.17) is 11.6 Å². The SMILES string of the molecule is CCCC(C)Sc1ccc(CCl)cc1. The predicted octanol–water partition coefficient (Wildman–Crippen LogP) is 4.71. The summed E-state index contributed by atoms with van der Waals surface area (Å²) >= 11 is 7.67. The fourth-order valence-corrected chi connectivity index (χ4v) is 2.64. The van der Waals surface area contributed by atoms with Crippen molar-refractivity contribution in [3.8, 4) is 0 Å². The fraction of sp³-hybridized carbons (Fsp3) is 0.500. The van der Waals surface area contributed by atoms with Crippen molar-refractivity contribution in [2.45, 2.75) is 42.7 Å². The number of halogens is 1. The van der Waals surface area contributed by atoms with Gasteiger partial charge in [0.2, 0.25) is 0 Å². The van der Waals surface area contributed by atoms with E-state index < -0.39 is 0 Å². The largest absolute Gasteiger partial charge is 0.123 e. The van der Waals surface area contributed by atoms with Crippen molar-refractivity contribution < 1.29 is 0 Å². The van der Waals surface area contributed by atoms with Gasteiger partial charge in [0.15, 0.2) is 0 Å². The van der Waals surface area contributed by atoms with Gasteiger partial charge in [0.25, 0.3) is 0 Å². The Balaban J connectivity index is 2.50. The molecule has 0 N–H and O–H groups in total. The van der Waals surface area contributed by atoms with E-state index in [0.717, 1.165) is 0 Å². The van der Waals surface area contributed by atoms with E-state index in [9.17, 15) is 0 Å². The molecule has 0 aromatic heterocycles. The second-order valence-electron chi connectivity index (χ2n) is 3.49. The molecule has 1 atom stereocenters. The Morgan fingerprint density at radius 2 is 1.93 bits per heavy atom. The van der Waals surface area contributed by atoms with Crippen LogP contribution in [0, 0.1) is 0 Å². The number of rotatable bonds is 5. The van der Waals surface area contributed by atoms with E-state index in [1.807, 2.05) is 11.8 Å². The molecule has 0 nitrogen and oxygen atoms in total. The molecule has 0 bridgehead atoms. The fourth-order valence-electron chi connectivity index (χ4n) is 1.35. The average molecular weight is 229 g/mol. The lowest BCUT2D eigenvalue weighted by Gasteiger charge is -2.09. The molecule has 0 heterocycles. The zero-order valence-electron chi connectivity index (χ0n) is 8.79. The van der Waals surface area contributed by atoms with E-state index in [2.05, 4.69) is 38.1 Å². The Morgan fingerprint density at radius 1 is 1.29 bits per heavy atom. The summed E-state index contributed by atoms with van der Waals surface area (Å²) in [5, 5.41) is 0.710. The van der Waals surface area contributed by atoms with Crippen LogP contribution in [-0.4, -0.2) is 5.25 Å². The summed E-state index contributed by atoms with van der Waals surface area (Å²) in [6.07, 6.45) is 2.54. The van der Waals surface area contributed by atoms with Gasteiger partial charge in [-0.1, -0.05) is 32.4 Å². The molecule has 1 aromatic carbocycles. The second kappa shape index (κ2) is 6.36. The maximum absolute atomic E-state index is 5.73. The molecule has 0 aliphatic carbocycles. The molecular weight excluding hydrogens is 212 g/mol. The highest BCUT2D eigenvalue weighted by Gasteiger charge is 2.02. The second-order valence-corrected chi connectivity index (χ2v) is 5.27. The number of hydrogen-bond acceptors (Lipinski definition) is 1. The Kier molecular flexibility index (Phi) is 5.42. The van der Waals surface area contributed by atoms with Gasteiger partial charge in [-0.2, -0.15) is 0 Å². The monoisotopic (exact) mass is 228 g/mol. The highest BCUT2D eigenvalue weighted by molar-refractivity contribution is 7.99. The highest BCUT2D eigenvalue weighted by atomic mass is 35.5. The van der Waals surface area contributed by atoms with Crippen LogP contribution in [0.5, 0.6) is 0 Å². The molecule has 1 unspecified atom stereocenters. The van der Waals surface area contributed by atoms with Crippen LogP contribution in [0.25, 0.3) is 0 Å². The average Bonchev–Trinajstić information content (AvgIpc) is 2.19. The van der Waals surface area contributed by atoms with Gasteiger partial charge in [0.1, 0.15) is 0 Å². The number of benzene rings is 1. The van der Waals surface area contributed by atoms with Crippen LogP contribution in [0.4, 0.5) is 0 Å².